The van der Waals surface area contributed by atoms with Gasteiger partial charge in [0.2, 0.25) is 11.8 Å². The van der Waals surface area contributed by atoms with E-state index >= 15 is 0 Å². The summed E-state index contributed by atoms with van der Waals surface area (Å²) in [6.07, 6.45) is 1.10. The highest BCUT2D eigenvalue weighted by molar-refractivity contribution is 6.06. The van der Waals surface area contributed by atoms with Gasteiger partial charge in [-0.3, -0.25) is 19.3 Å². The summed E-state index contributed by atoms with van der Waals surface area (Å²) in [5.41, 5.74) is 2.61. The number of nitrogens with zero attached hydrogens (tertiary/aromatic N) is 4. The molecule has 3 heterocycles. The molecule has 1 fully saturated rings. The van der Waals surface area contributed by atoms with Crippen LogP contribution in [0.5, 0.6) is 0 Å². The summed E-state index contributed by atoms with van der Waals surface area (Å²) >= 11 is 0. The van der Waals surface area contributed by atoms with Crippen LogP contribution in [0.4, 0.5) is 0 Å². The van der Waals surface area contributed by atoms with Gasteiger partial charge in [0.1, 0.15) is 0 Å². The lowest BCUT2D eigenvalue weighted by Crippen LogP contribution is -2.33. The standard InChI is InChI=1S/C22H31N5O3/c1-13(2)16-12-15(19-14(3)25-27(20(19)24-16)22(4,5)6)21(30)23-10-7-11-26-17(28)8-9-18(26)29/h12-13H,7-11H2,1-6H3,(H,23,30). The van der Waals surface area contributed by atoms with Crippen molar-refractivity contribution in [3.05, 3.63) is 23.0 Å². The molecule has 8 nitrogen and oxygen atoms in total. The van der Waals surface area contributed by atoms with Crippen LogP contribution in [0.1, 0.15) is 81.5 Å². The molecule has 0 saturated carbocycles. The number of aryl methyl sites for hydroxylation is 1. The van der Waals surface area contributed by atoms with Gasteiger partial charge in [0, 0.05) is 31.6 Å². The van der Waals surface area contributed by atoms with Crippen LogP contribution >= 0.6 is 0 Å². The number of hydrogen-bond acceptors (Lipinski definition) is 5. The molecule has 2 aromatic rings. The lowest BCUT2D eigenvalue weighted by Gasteiger charge is -2.20. The Hall–Kier alpha value is -2.77. The highest BCUT2D eigenvalue weighted by atomic mass is 16.2. The first-order chi connectivity index (χ1) is 14.0. The fourth-order valence-corrected chi connectivity index (χ4v) is 3.66. The molecule has 3 amide bonds. The lowest BCUT2D eigenvalue weighted by atomic mass is 10.0. The molecule has 30 heavy (non-hydrogen) atoms. The Morgan fingerprint density at radius 1 is 1.20 bits per heavy atom. The van der Waals surface area contributed by atoms with Crippen molar-refractivity contribution in [3.63, 3.8) is 0 Å². The molecule has 0 aromatic carbocycles. The summed E-state index contributed by atoms with van der Waals surface area (Å²) in [6.45, 7) is 12.9. The maximum atomic E-state index is 13.0. The smallest absolute Gasteiger partial charge is 0.252 e. The molecular formula is C22H31N5O3. The largest absolute Gasteiger partial charge is 0.352 e. The number of imide groups is 1. The topological polar surface area (TPSA) is 97.2 Å². The van der Waals surface area contributed by atoms with Crippen molar-refractivity contribution < 1.29 is 14.4 Å². The predicted molar refractivity (Wildman–Crippen MR) is 114 cm³/mol. The molecule has 0 atom stereocenters. The molecule has 1 saturated heterocycles. The number of aromatic nitrogens is 3. The number of pyridine rings is 1. The Bertz CT molecular complexity index is 984. The first-order valence-electron chi connectivity index (χ1n) is 10.5. The van der Waals surface area contributed by atoms with Crippen molar-refractivity contribution in [1.29, 1.82) is 0 Å². The molecule has 1 N–H and O–H groups in total. The van der Waals surface area contributed by atoms with Gasteiger partial charge in [-0.1, -0.05) is 13.8 Å². The first kappa shape index (κ1) is 21.9. The van der Waals surface area contributed by atoms with Gasteiger partial charge < -0.3 is 5.32 Å². The number of likely N-dealkylation sites (tertiary alicyclic amines) is 1. The van der Waals surface area contributed by atoms with Crippen LogP contribution in [0.2, 0.25) is 0 Å². The highest BCUT2D eigenvalue weighted by Gasteiger charge is 2.28. The fourth-order valence-electron chi connectivity index (χ4n) is 3.66. The lowest BCUT2D eigenvalue weighted by molar-refractivity contribution is -0.138. The van der Waals surface area contributed by atoms with Gasteiger partial charge in [0.25, 0.3) is 5.91 Å². The summed E-state index contributed by atoms with van der Waals surface area (Å²) < 4.78 is 1.88. The second-order valence-corrected chi connectivity index (χ2v) is 9.16. The van der Waals surface area contributed by atoms with Gasteiger partial charge in [-0.2, -0.15) is 5.10 Å². The summed E-state index contributed by atoms with van der Waals surface area (Å²) in [6, 6.07) is 1.84. The molecule has 162 valence electrons. The van der Waals surface area contributed by atoms with E-state index in [9.17, 15) is 14.4 Å². The first-order valence-corrected chi connectivity index (χ1v) is 10.5. The number of nitrogens with one attached hydrogen (secondary N) is 1. The minimum atomic E-state index is -0.266. The second-order valence-electron chi connectivity index (χ2n) is 9.16. The van der Waals surface area contributed by atoms with Crippen molar-refractivity contribution in [1.82, 2.24) is 25.0 Å². The maximum absolute atomic E-state index is 13.0. The van der Waals surface area contributed by atoms with E-state index < -0.39 is 0 Å². The van der Waals surface area contributed by atoms with Crippen LogP contribution in [-0.4, -0.2) is 50.5 Å². The molecular weight excluding hydrogens is 382 g/mol. The van der Waals surface area contributed by atoms with Crippen molar-refractivity contribution in [2.75, 3.05) is 13.1 Å². The third-order valence-electron chi connectivity index (χ3n) is 5.30. The van der Waals surface area contributed by atoms with E-state index in [0.717, 1.165) is 16.8 Å². The maximum Gasteiger partial charge on any atom is 0.252 e. The zero-order valence-electron chi connectivity index (χ0n) is 18.7. The van der Waals surface area contributed by atoms with Crippen molar-refractivity contribution in [2.24, 2.45) is 0 Å². The van der Waals surface area contributed by atoms with Gasteiger partial charge in [0.15, 0.2) is 5.65 Å². The second kappa shape index (κ2) is 8.16. The van der Waals surface area contributed by atoms with E-state index in [2.05, 4.69) is 31.2 Å². The molecule has 3 rings (SSSR count). The Balaban J connectivity index is 1.83. The fraction of sp³-hybridized carbons (Fsp3) is 0.591. The summed E-state index contributed by atoms with van der Waals surface area (Å²) in [4.78, 5) is 42.5. The van der Waals surface area contributed by atoms with Gasteiger partial charge >= 0.3 is 0 Å². The minimum Gasteiger partial charge on any atom is -0.352 e. The molecule has 1 aliphatic heterocycles. The Kier molecular flexibility index (Phi) is 5.97. The van der Waals surface area contributed by atoms with E-state index in [1.807, 2.05) is 31.5 Å². The molecule has 2 aromatic heterocycles. The SMILES string of the molecule is Cc1nn(C(C)(C)C)c2nc(C(C)C)cc(C(=O)NCCCN3C(=O)CCC3=O)c12. The predicted octanol–water partition coefficient (Wildman–Crippen LogP) is 2.89. The van der Waals surface area contributed by atoms with Crippen LogP contribution in [0.3, 0.4) is 0 Å². The van der Waals surface area contributed by atoms with E-state index in [1.165, 1.54) is 4.90 Å². The van der Waals surface area contributed by atoms with Gasteiger partial charge in [-0.15, -0.1) is 0 Å². The quantitative estimate of drug-likeness (QED) is 0.580. The highest BCUT2D eigenvalue weighted by Crippen LogP contribution is 2.28. The number of hydrogen-bond donors (Lipinski definition) is 1. The monoisotopic (exact) mass is 413 g/mol. The zero-order valence-corrected chi connectivity index (χ0v) is 18.7. The Morgan fingerprint density at radius 3 is 2.40 bits per heavy atom. The Morgan fingerprint density at radius 2 is 1.83 bits per heavy atom. The number of carbonyl (C=O) groups excluding carboxylic acids is 3. The van der Waals surface area contributed by atoms with Crippen LogP contribution < -0.4 is 5.32 Å². The molecule has 0 spiro atoms. The van der Waals surface area contributed by atoms with Crippen molar-refractivity contribution in [3.8, 4) is 0 Å². The van der Waals surface area contributed by atoms with Gasteiger partial charge in [0.05, 0.1) is 22.2 Å². The van der Waals surface area contributed by atoms with E-state index in [1.54, 1.807) is 0 Å². The van der Waals surface area contributed by atoms with Gasteiger partial charge in [-0.05, 0) is 46.1 Å². The number of carbonyl (C=O) groups is 3. The molecule has 0 radical (unpaired) electrons. The number of amides is 3. The summed E-state index contributed by atoms with van der Waals surface area (Å²) in [5, 5.41) is 8.36. The molecule has 0 bridgehead atoms. The zero-order chi connectivity index (χ0) is 22.2. The van der Waals surface area contributed by atoms with E-state index in [-0.39, 0.29) is 42.0 Å². The summed E-state index contributed by atoms with van der Waals surface area (Å²) in [5.74, 6) is -0.292. The summed E-state index contributed by atoms with van der Waals surface area (Å²) in [7, 11) is 0. The van der Waals surface area contributed by atoms with Crippen LogP contribution in [-0.2, 0) is 15.1 Å². The molecule has 8 heteroatoms. The average molecular weight is 414 g/mol. The van der Waals surface area contributed by atoms with Crippen LogP contribution in [0.15, 0.2) is 6.07 Å². The van der Waals surface area contributed by atoms with Crippen LogP contribution in [0, 0.1) is 6.92 Å². The van der Waals surface area contributed by atoms with Crippen LogP contribution in [0.25, 0.3) is 11.0 Å². The Labute approximate surface area is 177 Å². The number of rotatable bonds is 6. The van der Waals surface area contributed by atoms with E-state index in [4.69, 9.17) is 4.98 Å². The van der Waals surface area contributed by atoms with Crippen molar-refractivity contribution >= 4 is 28.8 Å². The third-order valence-corrected chi connectivity index (χ3v) is 5.30. The average Bonchev–Trinajstić information content (AvgIpc) is 3.17. The molecule has 0 unspecified atom stereocenters. The molecule has 0 aliphatic carbocycles. The van der Waals surface area contributed by atoms with E-state index in [0.29, 0.717) is 30.7 Å². The third kappa shape index (κ3) is 4.22. The van der Waals surface area contributed by atoms with Crippen molar-refractivity contribution in [2.45, 2.75) is 72.3 Å². The minimum absolute atomic E-state index is 0.131. The number of fused-ring (bicyclic) bond motifs is 1. The molecule has 1 aliphatic rings. The van der Waals surface area contributed by atoms with Gasteiger partial charge in [-0.25, -0.2) is 9.67 Å². The normalized spacial score (nSPS) is 15.0.